The van der Waals surface area contributed by atoms with Gasteiger partial charge in [0.1, 0.15) is 0 Å². The molecule has 3 aliphatic rings. The fourth-order valence-corrected chi connectivity index (χ4v) is 9.91. The molecule has 0 saturated carbocycles. The predicted octanol–water partition coefficient (Wildman–Crippen LogP) is 13.1. The van der Waals surface area contributed by atoms with E-state index in [9.17, 15) is 0 Å². The molecule has 8 heteroatoms. The first-order valence-electron chi connectivity index (χ1n) is 22.8. The first-order valence-corrected chi connectivity index (χ1v) is 22.8. The Bertz CT molecular complexity index is 2740. The van der Waals surface area contributed by atoms with Gasteiger partial charge in [0.15, 0.2) is 0 Å². The molecule has 6 aromatic rings. The van der Waals surface area contributed by atoms with E-state index in [0.717, 1.165) is 143 Å². The van der Waals surface area contributed by atoms with Crippen LogP contribution in [0.5, 0.6) is 0 Å². The van der Waals surface area contributed by atoms with Gasteiger partial charge in [0.2, 0.25) is 0 Å². The Kier molecular flexibility index (Phi) is 11.3. The molecule has 6 aromatic heterocycles. The quantitative estimate of drug-likeness (QED) is 0.159. The number of allylic oxidation sites excluding steroid dienone is 4. The van der Waals surface area contributed by atoms with Crippen LogP contribution >= 0.6 is 0 Å². The molecule has 0 atom stereocenters. The van der Waals surface area contributed by atoms with Crippen LogP contribution in [0.3, 0.4) is 0 Å². The molecule has 312 valence electrons. The minimum absolute atomic E-state index is 0.821. The van der Waals surface area contributed by atoms with Crippen molar-refractivity contribution in [2.75, 3.05) is 0 Å². The lowest BCUT2D eigenvalue weighted by Crippen LogP contribution is -2.06. The van der Waals surface area contributed by atoms with Crippen LogP contribution in [0.2, 0.25) is 0 Å². The number of H-pyrrole nitrogens is 2. The van der Waals surface area contributed by atoms with Gasteiger partial charge in [-0.3, -0.25) is 0 Å². The summed E-state index contributed by atoms with van der Waals surface area (Å²) >= 11 is 0. The molecule has 0 aromatic carbocycles. The highest BCUT2D eigenvalue weighted by Gasteiger charge is 2.28. The lowest BCUT2D eigenvalue weighted by Gasteiger charge is -2.09. The average molecular weight is 817 g/mol. The van der Waals surface area contributed by atoms with Crippen molar-refractivity contribution in [3.05, 3.63) is 152 Å². The van der Waals surface area contributed by atoms with Crippen LogP contribution in [-0.4, -0.2) is 41.3 Å². The van der Waals surface area contributed by atoms with E-state index in [2.05, 4.69) is 150 Å². The number of pyridine rings is 4. The van der Waals surface area contributed by atoms with Crippen molar-refractivity contribution in [3.63, 3.8) is 0 Å². The highest BCUT2D eigenvalue weighted by Crippen LogP contribution is 2.39. The van der Waals surface area contributed by atoms with Gasteiger partial charge in [-0.2, -0.15) is 0 Å². The monoisotopic (exact) mass is 816 g/mol. The summed E-state index contributed by atoms with van der Waals surface area (Å²) < 4.78 is 0. The number of aromatic nitrogens is 6. The number of nitrogens with zero attached hydrogens (tertiary/aromatic N) is 6. The largest absolute Gasteiger partial charge is 0.353 e. The molecule has 16 bridgehead atoms. The zero-order chi connectivity index (χ0) is 43.1. The van der Waals surface area contributed by atoms with Crippen LogP contribution < -0.4 is 0 Å². The maximum atomic E-state index is 5.39. The van der Waals surface area contributed by atoms with Gasteiger partial charge >= 0.3 is 0 Å². The Morgan fingerprint density at radius 3 is 0.968 bits per heavy atom. The average Bonchev–Trinajstić information content (AvgIpc) is 4.08. The second-order valence-electron chi connectivity index (χ2n) is 16.1. The van der Waals surface area contributed by atoms with Crippen LogP contribution in [0.4, 0.5) is 0 Å². The van der Waals surface area contributed by atoms with E-state index in [1.165, 1.54) is 44.5 Å². The maximum Gasteiger partial charge on any atom is 0.0929 e. The number of fused-ring (bicyclic) bond motifs is 20. The molecular formula is C54H56N8. The second kappa shape index (κ2) is 17.1. The number of hydrogen-bond acceptors (Lipinski definition) is 6. The van der Waals surface area contributed by atoms with Gasteiger partial charge in [-0.05, 0) is 157 Å². The van der Waals surface area contributed by atoms with Gasteiger partial charge in [0.05, 0.1) is 79.8 Å². The molecule has 8 nitrogen and oxygen atoms in total. The van der Waals surface area contributed by atoms with Crippen LogP contribution in [-0.2, 0) is 25.7 Å². The van der Waals surface area contributed by atoms with E-state index in [1.807, 2.05) is 0 Å². The van der Waals surface area contributed by atoms with Crippen LogP contribution in [0.15, 0.2) is 116 Å². The van der Waals surface area contributed by atoms with Crippen molar-refractivity contribution in [1.82, 2.24) is 29.9 Å². The lowest BCUT2D eigenvalue weighted by atomic mass is 9.97. The number of rotatable bonds is 8. The molecule has 0 fully saturated rings. The third-order valence-corrected chi connectivity index (χ3v) is 12.8. The number of aromatic amines is 2. The van der Waals surface area contributed by atoms with Gasteiger partial charge < -0.3 is 9.97 Å². The summed E-state index contributed by atoms with van der Waals surface area (Å²) in [5, 5.41) is 0. The van der Waals surface area contributed by atoms with Gasteiger partial charge in [-0.1, -0.05) is 79.7 Å². The Morgan fingerprint density at radius 2 is 0.645 bits per heavy atom. The first-order chi connectivity index (χ1) is 30.4. The van der Waals surface area contributed by atoms with Gasteiger partial charge in [-0.15, -0.1) is 0 Å². The zero-order valence-electron chi connectivity index (χ0n) is 37.4. The third-order valence-electron chi connectivity index (χ3n) is 12.8. The van der Waals surface area contributed by atoms with E-state index in [0.29, 0.717) is 0 Å². The van der Waals surface area contributed by atoms with Crippen molar-refractivity contribution in [1.29, 1.82) is 0 Å². The third kappa shape index (κ3) is 6.95. The summed E-state index contributed by atoms with van der Waals surface area (Å²) in [6, 6.07) is 25.0. The van der Waals surface area contributed by atoms with Crippen molar-refractivity contribution in [2.24, 2.45) is 9.98 Å². The summed E-state index contributed by atoms with van der Waals surface area (Å²) in [6.45, 7) is 17.8. The van der Waals surface area contributed by atoms with Crippen LogP contribution in [0.25, 0.3) is 57.7 Å². The Balaban J connectivity index is 1.30. The highest BCUT2D eigenvalue weighted by molar-refractivity contribution is 6.16. The minimum Gasteiger partial charge on any atom is -0.353 e. The van der Waals surface area contributed by atoms with E-state index >= 15 is 0 Å². The van der Waals surface area contributed by atoms with E-state index < -0.39 is 0 Å². The highest BCUT2D eigenvalue weighted by atomic mass is 14.9. The predicted molar refractivity (Wildman–Crippen MR) is 256 cm³/mol. The number of aliphatic imine (C=N–C) groups is 2. The Labute approximate surface area is 366 Å². The summed E-state index contributed by atoms with van der Waals surface area (Å²) in [4.78, 5) is 39.6. The van der Waals surface area contributed by atoms with E-state index in [-0.39, 0.29) is 0 Å². The van der Waals surface area contributed by atoms with E-state index in [1.54, 1.807) is 0 Å². The van der Waals surface area contributed by atoms with Gasteiger partial charge in [0, 0.05) is 11.4 Å². The van der Waals surface area contributed by atoms with Crippen molar-refractivity contribution in [2.45, 2.75) is 107 Å². The molecule has 0 radical (unpaired) electrons. The zero-order valence-corrected chi connectivity index (χ0v) is 37.4. The molecular weight excluding hydrogens is 761 g/mol. The van der Waals surface area contributed by atoms with Crippen molar-refractivity contribution < 1.29 is 0 Å². The van der Waals surface area contributed by atoms with Crippen molar-refractivity contribution >= 4 is 23.6 Å². The molecule has 0 amide bonds. The summed E-state index contributed by atoms with van der Waals surface area (Å²) in [5.41, 5.74) is 25.1. The second-order valence-corrected chi connectivity index (χ2v) is 16.1. The summed E-state index contributed by atoms with van der Waals surface area (Å²) in [5.74, 6) is 0. The first kappa shape index (κ1) is 40.8. The lowest BCUT2D eigenvalue weighted by molar-refractivity contribution is 1.05. The van der Waals surface area contributed by atoms with Gasteiger partial charge in [-0.25, -0.2) is 29.9 Å². The molecule has 0 aliphatic carbocycles. The van der Waals surface area contributed by atoms with Gasteiger partial charge in [0.25, 0.3) is 0 Å². The summed E-state index contributed by atoms with van der Waals surface area (Å²) in [7, 11) is 0. The Morgan fingerprint density at radius 1 is 0.339 bits per heavy atom. The Hall–Kier alpha value is -6.54. The molecule has 9 rings (SSSR count). The standard InChI is InChI=1S/C54H56N8/c1-9-31-35(13-5)51-43-25-17-21-39(55-43)40-22-18-27-45(56-40)53-37(15-7)33(11-3)49(61-53)30-50-34(12-4)38(16-8)54(62-50)46-28-20-24-42(58-46)41-23-19-26-44(57-41)52-36(14-6)32(10-2)48(60-52)29-47(31)59-51/h17-30,59,62H,9-16H2,1-8H3. The molecule has 62 heavy (non-hydrogen) atoms. The number of hydrogen-bond donors (Lipinski definition) is 2. The molecule has 2 N–H and O–H groups in total. The molecule has 0 unspecified atom stereocenters. The fourth-order valence-electron chi connectivity index (χ4n) is 9.91. The molecule has 0 spiro atoms. The van der Waals surface area contributed by atoms with Crippen LogP contribution in [0.1, 0.15) is 126 Å². The van der Waals surface area contributed by atoms with E-state index in [4.69, 9.17) is 29.9 Å². The summed E-state index contributed by atoms with van der Waals surface area (Å²) in [6.07, 6.45) is 11.5. The van der Waals surface area contributed by atoms with Crippen molar-refractivity contribution in [3.8, 4) is 45.6 Å². The number of nitrogens with one attached hydrogen (secondary N) is 2. The molecule has 9 heterocycles. The minimum atomic E-state index is 0.821. The smallest absolute Gasteiger partial charge is 0.0929 e. The molecule has 3 aliphatic heterocycles. The normalized spacial score (nSPS) is 14.6. The van der Waals surface area contributed by atoms with Crippen LogP contribution in [0, 0.1) is 0 Å². The fraction of sp³-hybridized carbons (Fsp3) is 0.296. The maximum absolute atomic E-state index is 5.39. The topological polar surface area (TPSA) is 108 Å². The molecule has 0 saturated heterocycles. The SMILES string of the molecule is CCC1=C(CC)C2=NC1=Cc1[nH]c(c(CC)c1CC)-c1cccc(n1)-c1cccc(n1)C1=NC(=Cc3[nH]c(c(CC)c3CC)-c3cccc(n3)-c3cccc2n3)C(CC)=C1CC.